The van der Waals surface area contributed by atoms with Crippen molar-refractivity contribution in [1.82, 2.24) is 0 Å². The van der Waals surface area contributed by atoms with Crippen LogP contribution < -0.4 is 29.6 Å². The van der Waals surface area contributed by atoms with E-state index in [4.69, 9.17) is 22.3 Å². The first kappa shape index (κ1) is 26.3. The van der Waals surface area contributed by atoms with Crippen LogP contribution in [0, 0.1) is 0 Å². The number of ether oxygens (including phenoxy) is 1. The summed E-state index contributed by atoms with van der Waals surface area (Å²) in [6.45, 7) is 6.64. The zero-order chi connectivity index (χ0) is 15.7. The predicted molar refractivity (Wildman–Crippen MR) is 78.5 cm³/mol. The molecule has 0 atom stereocenters. The smallest absolute Gasteiger partial charge is 0.759 e. The minimum absolute atomic E-state index is 0. The van der Waals surface area contributed by atoms with Gasteiger partial charge in [0.05, 0.1) is 12.9 Å². The Kier molecular flexibility index (Phi) is 25.6. The molecule has 21 heavy (non-hydrogen) atoms. The van der Waals surface area contributed by atoms with Gasteiger partial charge < -0.3 is 13.8 Å². The molecule has 0 spiro atoms. The molecule has 0 fully saturated rings. The first-order chi connectivity index (χ1) is 9.41. The minimum atomic E-state index is -5.17. The first-order valence-corrected chi connectivity index (χ1v) is 8.64. The van der Waals surface area contributed by atoms with E-state index in [1.165, 1.54) is 70.5 Å². The maximum atomic E-state index is 8.52. The Bertz CT molecular complexity index is 286. The van der Waals surface area contributed by atoms with Crippen LogP contribution in [-0.2, 0) is 15.1 Å². The average molecular weight is 331 g/mol. The molecule has 122 valence electrons. The SMILES string of the molecule is C=COCCCCCCCCCCCC.O=S(=O)([O-])[O-].[Na+]. The normalized spacial score (nSPS) is 10.0. The topological polar surface area (TPSA) is 89.5 Å². The van der Waals surface area contributed by atoms with Gasteiger partial charge in [0.1, 0.15) is 0 Å². The quantitative estimate of drug-likeness (QED) is 0.173. The number of rotatable bonds is 12. The van der Waals surface area contributed by atoms with E-state index in [9.17, 15) is 0 Å². The van der Waals surface area contributed by atoms with Crippen molar-refractivity contribution in [2.45, 2.75) is 71.1 Å². The van der Waals surface area contributed by atoms with Crippen LogP contribution in [-0.4, -0.2) is 24.1 Å². The third-order valence-corrected chi connectivity index (χ3v) is 2.73. The summed E-state index contributed by atoms with van der Waals surface area (Å²) in [7, 11) is -5.17. The monoisotopic (exact) mass is 331 g/mol. The molecule has 0 aromatic carbocycles. The Labute approximate surface area is 152 Å². The summed E-state index contributed by atoms with van der Waals surface area (Å²) < 4.78 is 39.2. The molecule has 0 N–H and O–H groups in total. The molecular formula is C14H28NaO5S-. The van der Waals surface area contributed by atoms with Gasteiger partial charge >= 0.3 is 29.6 Å². The van der Waals surface area contributed by atoms with Crippen LogP contribution in [0.15, 0.2) is 12.8 Å². The van der Waals surface area contributed by atoms with Crippen LogP contribution in [0.3, 0.4) is 0 Å². The van der Waals surface area contributed by atoms with E-state index in [0.29, 0.717) is 0 Å². The molecule has 0 aliphatic carbocycles. The number of hydrogen-bond acceptors (Lipinski definition) is 5. The van der Waals surface area contributed by atoms with Crippen molar-refractivity contribution in [2.24, 2.45) is 0 Å². The Morgan fingerprint density at radius 1 is 0.905 bits per heavy atom. The third-order valence-electron chi connectivity index (χ3n) is 2.73. The van der Waals surface area contributed by atoms with Gasteiger partial charge in [-0.3, -0.25) is 8.42 Å². The van der Waals surface area contributed by atoms with Crippen molar-refractivity contribution in [1.29, 1.82) is 0 Å². The molecule has 0 rings (SSSR count). The summed E-state index contributed by atoms with van der Waals surface area (Å²) in [5.41, 5.74) is 0. The molecule has 0 aromatic rings. The molecule has 0 radical (unpaired) electrons. The second kappa shape index (κ2) is 20.4. The largest absolute Gasteiger partial charge is 1.00 e. The fourth-order valence-electron chi connectivity index (χ4n) is 1.76. The average Bonchev–Trinajstić information content (AvgIpc) is 2.34. The van der Waals surface area contributed by atoms with Gasteiger partial charge in [-0.05, 0) is 6.42 Å². The summed E-state index contributed by atoms with van der Waals surface area (Å²) >= 11 is 0. The van der Waals surface area contributed by atoms with Gasteiger partial charge in [0.2, 0.25) is 0 Å². The van der Waals surface area contributed by atoms with Crippen molar-refractivity contribution >= 4 is 10.4 Å². The maximum absolute atomic E-state index is 8.52. The zero-order valence-corrected chi connectivity index (χ0v) is 16.3. The van der Waals surface area contributed by atoms with Gasteiger partial charge in [0.25, 0.3) is 0 Å². The van der Waals surface area contributed by atoms with Gasteiger partial charge in [0, 0.05) is 10.4 Å². The molecule has 0 aliphatic heterocycles. The summed E-state index contributed by atoms with van der Waals surface area (Å²) in [6.07, 6.45) is 15.3. The van der Waals surface area contributed by atoms with Crippen molar-refractivity contribution in [3.05, 3.63) is 12.8 Å². The second-order valence-electron chi connectivity index (χ2n) is 4.63. The van der Waals surface area contributed by atoms with Crippen LogP contribution in [0.5, 0.6) is 0 Å². The standard InChI is InChI=1S/C14H28O.Na.H2O4S/c1-3-5-6-7-8-9-10-11-12-13-14-15-4-2;;1-5(2,3)4/h4H,2-3,5-14H2,1H3;;(H2,1,2,3,4)/q;+1;/p-2. The van der Waals surface area contributed by atoms with E-state index in [1.807, 2.05) is 0 Å². The third kappa shape index (κ3) is 44.9. The van der Waals surface area contributed by atoms with Crippen molar-refractivity contribution in [3.63, 3.8) is 0 Å². The Balaban J connectivity index is -0.000000465. The van der Waals surface area contributed by atoms with Gasteiger partial charge in [-0.2, -0.15) is 0 Å². The van der Waals surface area contributed by atoms with Gasteiger partial charge in [-0.25, -0.2) is 0 Å². The van der Waals surface area contributed by atoms with E-state index < -0.39 is 10.4 Å². The van der Waals surface area contributed by atoms with Crippen LogP contribution in [0.1, 0.15) is 71.1 Å². The van der Waals surface area contributed by atoms with Gasteiger partial charge in [-0.15, -0.1) is 0 Å². The van der Waals surface area contributed by atoms with Crippen LogP contribution in [0.2, 0.25) is 0 Å². The van der Waals surface area contributed by atoms with Crippen molar-refractivity contribution in [3.8, 4) is 0 Å². The molecule has 0 saturated carbocycles. The summed E-state index contributed by atoms with van der Waals surface area (Å²) in [4.78, 5) is 0. The van der Waals surface area contributed by atoms with E-state index in [0.717, 1.165) is 6.61 Å². The summed E-state index contributed by atoms with van der Waals surface area (Å²) in [5, 5.41) is 0. The Morgan fingerprint density at radius 2 is 1.24 bits per heavy atom. The summed E-state index contributed by atoms with van der Waals surface area (Å²) in [6, 6.07) is 0. The van der Waals surface area contributed by atoms with Gasteiger partial charge in [0.15, 0.2) is 0 Å². The number of unbranched alkanes of at least 4 members (excludes halogenated alkanes) is 9. The van der Waals surface area contributed by atoms with Crippen LogP contribution in [0.4, 0.5) is 0 Å². The fraction of sp³-hybridized carbons (Fsp3) is 0.857. The van der Waals surface area contributed by atoms with E-state index in [-0.39, 0.29) is 29.6 Å². The van der Waals surface area contributed by atoms with Gasteiger partial charge in [-0.1, -0.05) is 71.3 Å². The molecule has 5 nitrogen and oxygen atoms in total. The molecule has 0 unspecified atom stereocenters. The Hall–Kier alpha value is 0.410. The van der Waals surface area contributed by atoms with E-state index in [2.05, 4.69) is 13.5 Å². The number of hydrogen-bond donors (Lipinski definition) is 0. The van der Waals surface area contributed by atoms with Crippen molar-refractivity contribution in [2.75, 3.05) is 6.61 Å². The fourth-order valence-corrected chi connectivity index (χ4v) is 1.76. The van der Waals surface area contributed by atoms with Crippen LogP contribution >= 0.6 is 0 Å². The predicted octanol–water partition coefficient (Wildman–Crippen LogP) is 0.733. The molecule has 7 heteroatoms. The maximum Gasteiger partial charge on any atom is 1.00 e. The Morgan fingerprint density at radius 3 is 1.57 bits per heavy atom. The van der Waals surface area contributed by atoms with E-state index >= 15 is 0 Å². The molecule has 0 aliphatic rings. The molecule has 0 bridgehead atoms. The molecule has 0 aromatic heterocycles. The molecule has 0 heterocycles. The molecule has 0 amide bonds. The van der Waals surface area contributed by atoms with Crippen LogP contribution in [0.25, 0.3) is 0 Å². The molecule has 0 saturated heterocycles. The van der Waals surface area contributed by atoms with E-state index in [1.54, 1.807) is 0 Å². The first-order valence-electron chi connectivity index (χ1n) is 7.31. The second-order valence-corrected chi connectivity index (χ2v) is 5.44. The molecular weight excluding hydrogens is 303 g/mol. The summed E-state index contributed by atoms with van der Waals surface area (Å²) in [5.74, 6) is 0. The zero-order valence-electron chi connectivity index (χ0n) is 13.5. The van der Waals surface area contributed by atoms with Crippen molar-refractivity contribution < 1.29 is 51.8 Å². The minimum Gasteiger partial charge on any atom is -0.759 e.